The number of rotatable bonds is 3. The molecule has 1 N–H and O–H groups in total. The van der Waals surface area contributed by atoms with Gasteiger partial charge in [-0.05, 0) is 30.3 Å². The van der Waals surface area contributed by atoms with Crippen LogP contribution in [-0.4, -0.2) is 31.2 Å². The second-order valence-corrected chi connectivity index (χ2v) is 4.83. The molecular weight excluding hydrogens is 264 g/mol. The van der Waals surface area contributed by atoms with Crippen molar-refractivity contribution in [2.75, 3.05) is 31.1 Å². The van der Waals surface area contributed by atoms with Crippen molar-refractivity contribution >= 4 is 5.69 Å². The van der Waals surface area contributed by atoms with Crippen LogP contribution in [0.25, 0.3) is 0 Å². The molecule has 1 saturated heterocycles. The van der Waals surface area contributed by atoms with Crippen LogP contribution >= 0.6 is 0 Å². The normalized spacial score (nSPS) is 14.5. The Morgan fingerprint density at radius 1 is 1.10 bits per heavy atom. The predicted molar refractivity (Wildman–Crippen MR) is 80.6 cm³/mol. The molecule has 2 heterocycles. The summed E-state index contributed by atoms with van der Waals surface area (Å²) in [7, 11) is 0. The number of hydrogen-bond donors (Lipinski definition) is 1. The minimum atomic E-state index is 0.490. The summed E-state index contributed by atoms with van der Waals surface area (Å²) in [6, 6.07) is 13.4. The molecule has 0 amide bonds. The number of ether oxygens (including phenoxy) is 1. The molecule has 106 valence electrons. The minimum absolute atomic E-state index is 0.490. The lowest BCUT2D eigenvalue weighted by molar-refractivity contribution is 0.463. The van der Waals surface area contributed by atoms with Crippen molar-refractivity contribution in [3.05, 3.63) is 48.2 Å². The van der Waals surface area contributed by atoms with Gasteiger partial charge in [0.25, 0.3) is 0 Å². The maximum atomic E-state index is 8.73. The van der Waals surface area contributed by atoms with E-state index in [1.807, 2.05) is 18.2 Å². The first-order chi connectivity index (χ1) is 10.3. The van der Waals surface area contributed by atoms with Crippen molar-refractivity contribution in [3.8, 4) is 17.7 Å². The van der Waals surface area contributed by atoms with Gasteiger partial charge in [0, 0.05) is 44.1 Å². The summed E-state index contributed by atoms with van der Waals surface area (Å²) in [5, 5.41) is 12.1. The lowest BCUT2D eigenvalue weighted by Gasteiger charge is -2.29. The van der Waals surface area contributed by atoms with Crippen LogP contribution in [0.1, 0.15) is 5.56 Å². The smallest absolute Gasteiger partial charge is 0.219 e. The summed E-state index contributed by atoms with van der Waals surface area (Å²) in [6.07, 6.45) is 1.50. The molecule has 0 aliphatic carbocycles. The third kappa shape index (κ3) is 3.30. The highest BCUT2D eigenvalue weighted by Crippen LogP contribution is 2.23. The van der Waals surface area contributed by atoms with E-state index in [1.165, 1.54) is 11.9 Å². The van der Waals surface area contributed by atoms with E-state index in [4.69, 9.17) is 10.00 Å². The lowest BCUT2D eigenvalue weighted by atomic mass is 10.2. The predicted octanol–water partition coefficient (Wildman–Crippen LogP) is 2.16. The van der Waals surface area contributed by atoms with Gasteiger partial charge in [-0.1, -0.05) is 0 Å². The number of nitrogens with zero attached hydrogens (tertiary/aromatic N) is 3. The summed E-state index contributed by atoms with van der Waals surface area (Å²) >= 11 is 0. The molecule has 0 atom stereocenters. The molecule has 0 bridgehead atoms. The Labute approximate surface area is 123 Å². The average Bonchev–Trinajstić information content (AvgIpc) is 2.57. The number of aromatic nitrogens is 1. The third-order valence-electron chi connectivity index (χ3n) is 3.41. The van der Waals surface area contributed by atoms with Crippen LogP contribution in [0.3, 0.4) is 0 Å². The molecule has 5 nitrogen and oxygen atoms in total. The highest BCUT2D eigenvalue weighted by Gasteiger charge is 2.10. The monoisotopic (exact) mass is 280 g/mol. The Hall–Kier alpha value is -2.58. The van der Waals surface area contributed by atoms with E-state index >= 15 is 0 Å². The van der Waals surface area contributed by atoms with Crippen molar-refractivity contribution < 1.29 is 4.74 Å². The van der Waals surface area contributed by atoms with Crippen molar-refractivity contribution in [3.63, 3.8) is 0 Å². The Balaban J connectivity index is 1.67. The first kappa shape index (κ1) is 13.4. The van der Waals surface area contributed by atoms with Crippen LogP contribution in [0.5, 0.6) is 11.6 Å². The molecule has 3 rings (SSSR count). The van der Waals surface area contributed by atoms with Gasteiger partial charge in [0.1, 0.15) is 11.8 Å². The summed E-state index contributed by atoms with van der Waals surface area (Å²) in [6.45, 7) is 4.09. The zero-order valence-electron chi connectivity index (χ0n) is 11.6. The molecule has 0 radical (unpaired) electrons. The van der Waals surface area contributed by atoms with Crippen molar-refractivity contribution in [1.82, 2.24) is 10.3 Å². The molecule has 1 aliphatic heterocycles. The zero-order chi connectivity index (χ0) is 14.5. The van der Waals surface area contributed by atoms with Crippen molar-refractivity contribution in [2.24, 2.45) is 0 Å². The number of anilines is 1. The van der Waals surface area contributed by atoms with Gasteiger partial charge in [0.2, 0.25) is 5.88 Å². The Bertz CT molecular complexity index is 625. The molecule has 0 saturated carbocycles. The Morgan fingerprint density at radius 3 is 2.48 bits per heavy atom. The minimum Gasteiger partial charge on any atom is -0.439 e. The fourth-order valence-electron chi connectivity index (χ4n) is 2.28. The topological polar surface area (TPSA) is 61.2 Å². The van der Waals surface area contributed by atoms with Gasteiger partial charge >= 0.3 is 0 Å². The fraction of sp³-hybridized carbons (Fsp3) is 0.250. The van der Waals surface area contributed by atoms with Gasteiger partial charge in [-0.2, -0.15) is 5.26 Å². The Morgan fingerprint density at radius 2 is 1.86 bits per heavy atom. The SMILES string of the molecule is N#Cc1ccc(Oc2ccc(N3CCNCC3)cc2)nc1. The highest BCUT2D eigenvalue weighted by molar-refractivity contribution is 5.50. The molecule has 2 aromatic rings. The highest BCUT2D eigenvalue weighted by atomic mass is 16.5. The molecule has 0 unspecified atom stereocenters. The van der Waals surface area contributed by atoms with Crippen LogP contribution in [0.15, 0.2) is 42.6 Å². The van der Waals surface area contributed by atoms with Crippen LogP contribution in [0, 0.1) is 11.3 Å². The van der Waals surface area contributed by atoms with Crippen LogP contribution < -0.4 is 15.0 Å². The molecule has 5 heteroatoms. The van der Waals surface area contributed by atoms with E-state index in [0.717, 1.165) is 31.9 Å². The van der Waals surface area contributed by atoms with E-state index in [-0.39, 0.29) is 0 Å². The first-order valence-electron chi connectivity index (χ1n) is 6.95. The molecule has 1 aromatic carbocycles. The van der Waals surface area contributed by atoms with Crippen LogP contribution in [-0.2, 0) is 0 Å². The van der Waals surface area contributed by atoms with Gasteiger partial charge < -0.3 is 15.0 Å². The van der Waals surface area contributed by atoms with Crippen molar-refractivity contribution in [2.45, 2.75) is 0 Å². The largest absolute Gasteiger partial charge is 0.439 e. The average molecular weight is 280 g/mol. The van der Waals surface area contributed by atoms with Gasteiger partial charge in [0.05, 0.1) is 5.56 Å². The lowest BCUT2D eigenvalue weighted by Crippen LogP contribution is -2.43. The number of nitriles is 1. The second kappa shape index (κ2) is 6.25. The summed E-state index contributed by atoms with van der Waals surface area (Å²) in [4.78, 5) is 6.44. The van der Waals surface area contributed by atoms with Gasteiger partial charge in [-0.15, -0.1) is 0 Å². The van der Waals surface area contributed by atoms with Gasteiger partial charge in [-0.25, -0.2) is 4.98 Å². The third-order valence-corrected chi connectivity index (χ3v) is 3.41. The quantitative estimate of drug-likeness (QED) is 0.933. The van der Waals surface area contributed by atoms with E-state index in [0.29, 0.717) is 11.4 Å². The fourth-order valence-corrected chi connectivity index (χ4v) is 2.28. The number of nitrogens with one attached hydrogen (secondary N) is 1. The molecule has 21 heavy (non-hydrogen) atoms. The van der Waals surface area contributed by atoms with Crippen LogP contribution in [0.2, 0.25) is 0 Å². The van der Waals surface area contributed by atoms with E-state index < -0.39 is 0 Å². The molecule has 1 aliphatic rings. The van der Waals surface area contributed by atoms with E-state index in [2.05, 4.69) is 27.3 Å². The molecule has 1 fully saturated rings. The number of piperazine rings is 1. The molecule has 1 aromatic heterocycles. The maximum Gasteiger partial charge on any atom is 0.219 e. The van der Waals surface area contributed by atoms with Crippen LogP contribution in [0.4, 0.5) is 5.69 Å². The van der Waals surface area contributed by atoms with E-state index in [1.54, 1.807) is 12.1 Å². The molecular formula is C16H16N4O. The standard InChI is InChI=1S/C16H16N4O/c17-11-13-1-6-16(19-12-13)21-15-4-2-14(3-5-15)20-9-7-18-8-10-20/h1-6,12,18H,7-10H2. The number of benzene rings is 1. The summed E-state index contributed by atoms with van der Waals surface area (Å²) < 4.78 is 5.67. The maximum absolute atomic E-state index is 8.73. The van der Waals surface area contributed by atoms with Crippen molar-refractivity contribution in [1.29, 1.82) is 5.26 Å². The summed E-state index contributed by atoms with van der Waals surface area (Å²) in [5.74, 6) is 1.23. The van der Waals surface area contributed by atoms with Gasteiger partial charge in [0.15, 0.2) is 0 Å². The van der Waals surface area contributed by atoms with E-state index in [9.17, 15) is 0 Å². The molecule has 0 spiro atoms. The number of hydrogen-bond acceptors (Lipinski definition) is 5. The zero-order valence-corrected chi connectivity index (χ0v) is 11.6. The summed E-state index contributed by atoms with van der Waals surface area (Å²) in [5.41, 5.74) is 1.73. The van der Waals surface area contributed by atoms with Gasteiger partial charge in [-0.3, -0.25) is 0 Å². The second-order valence-electron chi connectivity index (χ2n) is 4.83. The Kier molecular flexibility index (Phi) is 3.99. The first-order valence-corrected chi connectivity index (χ1v) is 6.95. The number of pyridine rings is 1.